The normalized spacial score (nSPS) is 14.4. The molecule has 5 nitrogen and oxygen atoms in total. The van der Waals surface area contributed by atoms with Crippen LogP contribution < -0.4 is 0 Å². The minimum absolute atomic E-state index is 0.00575. The Morgan fingerprint density at radius 3 is 2.39 bits per heavy atom. The van der Waals surface area contributed by atoms with Crippen LogP contribution in [0.25, 0.3) is 0 Å². The van der Waals surface area contributed by atoms with E-state index in [-0.39, 0.29) is 17.6 Å². The van der Waals surface area contributed by atoms with Crippen LogP contribution in [0.5, 0.6) is 0 Å². The van der Waals surface area contributed by atoms with Crippen LogP contribution in [0.3, 0.4) is 0 Å². The first kappa shape index (κ1) is 25.4. The second-order valence-corrected chi connectivity index (χ2v) is 9.66. The monoisotopic (exact) mass is 473 g/mol. The third-order valence-corrected chi connectivity index (χ3v) is 7.07. The molecule has 1 aromatic heterocycles. The molecule has 1 saturated heterocycles. The summed E-state index contributed by atoms with van der Waals surface area (Å²) in [6.45, 7) is 7.18. The van der Waals surface area contributed by atoms with Gasteiger partial charge in [0.2, 0.25) is 5.91 Å². The van der Waals surface area contributed by atoms with Gasteiger partial charge in [-0.1, -0.05) is 50.8 Å². The summed E-state index contributed by atoms with van der Waals surface area (Å²) in [5.74, 6) is 0.00595. The van der Waals surface area contributed by atoms with Crippen molar-refractivity contribution < 1.29 is 14.0 Å². The lowest BCUT2D eigenvalue weighted by Gasteiger charge is -2.36. The van der Waals surface area contributed by atoms with Gasteiger partial charge in [-0.2, -0.15) is 0 Å². The first-order valence-corrected chi connectivity index (χ1v) is 13.0. The van der Waals surface area contributed by atoms with Crippen molar-refractivity contribution in [1.82, 2.24) is 14.7 Å². The van der Waals surface area contributed by atoms with E-state index in [0.29, 0.717) is 24.4 Å². The number of carbonyl (C=O) groups excluding carboxylic acids is 2. The quantitative estimate of drug-likeness (QED) is 0.406. The molecule has 0 unspecified atom stereocenters. The van der Waals surface area contributed by atoms with Gasteiger partial charge in [-0.3, -0.25) is 14.5 Å². The molecule has 2 heterocycles. The maximum atomic E-state index is 13.3. The number of unbranched alkanes of at least 4 members (excludes halogenated alkanes) is 4. The highest BCUT2D eigenvalue weighted by molar-refractivity contribution is 7.12. The Kier molecular flexibility index (Phi) is 10.3. The summed E-state index contributed by atoms with van der Waals surface area (Å²) >= 11 is 1.44. The number of carbonyl (C=O) groups is 2. The Labute approximate surface area is 201 Å². The van der Waals surface area contributed by atoms with E-state index in [9.17, 15) is 14.0 Å². The SMILES string of the molecule is CCCCCCCC(=O)N1CCN(CCN(Cc2ccc(F)cc2)C(=O)c2cccs2)CC1. The average Bonchev–Trinajstić information content (AvgIpc) is 3.38. The molecule has 0 N–H and O–H groups in total. The van der Waals surface area contributed by atoms with Gasteiger partial charge < -0.3 is 9.80 Å². The van der Waals surface area contributed by atoms with Crippen molar-refractivity contribution in [2.45, 2.75) is 52.0 Å². The van der Waals surface area contributed by atoms with Gasteiger partial charge in [0.05, 0.1) is 4.88 Å². The van der Waals surface area contributed by atoms with Crippen LogP contribution in [0.2, 0.25) is 0 Å². The highest BCUT2D eigenvalue weighted by atomic mass is 32.1. The van der Waals surface area contributed by atoms with Crippen molar-refractivity contribution in [2.75, 3.05) is 39.3 Å². The molecule has 0 spiro atoms. The topological polar surface area (TPSA) is 43.9 Å². The Morgan fingerprint density at radius 1 is 1.00 bits per heavy atom. The van der Waals surface area contributed by atoms with Gasteiger partial charge in [0.15, 0.2) is 0 Å². The average molecular weight is 474 g/mol. The summed E-state index contributed by atoms with van der Waals surface area (Å²) in [4.78, 5) is 32.4. The van der Waals surface area contributed by atoms with Crippen molar-refractivity contribution in [2.24, 2.45) is 0 Å². The minimum atomic E-state index is -0.275. The number of benzene rings is 1. The Morgan fingerprint density at radius 2 is 1.73 bits per heavy atom. The van der Waals surface area contributed by atoms with Crippen LogP contribution in [0.4, 0.5) is 4.39 Å². The summed E-state index contributed by atoms with van der Waals surface area (Å²) in [6, 6.07) is 10.1. The van der Waals surface area contributed by atoms with Gasteiger partial charge in [0, 0.05) is 52.2 Å². The minimum Gasteiger partial charge on any atom is -0.340 e. The summed E-state index contributed by atoms with van der Waals surface area (Å²) in [5.41, 5.74) is 0.913. The van der Waals surface area contributed by atoms with E-state index in [1.54, 1.807) is 12.1 Å². The molecule has 0 bridgehead atoms. The first-order valence-electron chi connectivity index (χ1n) is 12.1. The molecule has 1 fully saturated rings. The molecule has 2 amide bonds. The van der Waals surface area contributed by atoms with E-state index >= 15 is 0 Å². The van der Waals surface area contributed by atoms with Gasteiger partial charge in [-0.25, -0.2) is 4.39 Å². The lowest BCUT2D eigenvalue weighted by Crippen LogP contribution is -2.50. The Balaban J connectivity index is 1.47. The molecule has 0 aliphatic carbocycles. The molecule has 1 aromatic carbocycles. The zero-order chi connectivity index (χ0) is 23.5. The van der Waals surface area contributed by atoms with Gasteiger partial charge >= 0.3 is 0 Å². The molecule has 0 saturated carbocycles. The van der Waals surface area contributed by atoms with Gasteiger partial charge in [0.25, 0.3) is 5.91 Å². The van der Waals surface area contributed by atoms with Crippen molar-refractivity contribution in [3.63, 3.8) is 0 Å². The summed E-state index contributed by atoms with van der Waals surface area (Å²) < 4.78 is 13.3. The maximum Gasteiger partial charge on any atom is 0.264 e. The van der Waals surface area contributed by atoms with E-state index in [1.807, 2.05) is 27.3 Å². The zero-order valence-electron chi connectivity index (χ0n) is 19.7. The molecule has 0 radical (unpaired) electrons. The van der Waals surface area contributed by atoms with Crippen LogP contribution in [0.1, 0.15) is 60.7 Å². The fourth-order valence-electron chi connectivity index (χ4n) is 4.14. The third kappa shape index (κ3) is 8.23. The molecule has 0 atom stereocenters. The van der Waals surface area contributed by atoms with Gasteiger partial charge in [-0.15, -0.1) is 11.3 Å². The molecular formula is C26H36FN3O2S. The number of hydrogen-bond donors (Lipinski definition) is 0. The van der Waals surface area contributed by atoms with Gasteiger partial charge in [0.1, 0.15) is 5.82 Å². The molecule has 180 valence electrons. The van der Waals surface area contributed by atoms with E-state index < -0.39 is 0 Å². The Hall–Kier alpha value is -2.25. The second kappa shape index (κ2) is 13.5. The van der Waals surface area contributed by atoms with Crippen molar-refractivity contribution in [1.29, 1.82) is 0 Å². The van der Waals surface area contributed by atoms with Crippen molar-refractivity contribution >= 4 is 23.2 Å². The molecule has 1 aliphatic rings. The molecular weight excluding hydrogens is 437 g/mol. The number of rotatable bonds is 12. The predicted octanol–water partition coefficient (Wildman–Crippen LogP) is 5.03. The number of halogens is 1. The zero-order valence-corrected chi connectivity index (χ0v) is 20.5. The highest BCUT2D eigenvalue weighted by Crippen LogP contribution is 2.16. The number of amides is 2. The number of hydrogen-bond acceptors (Lipinski definition) is 4. The molecule has 3 rings (SSSR count). The molecule has 7 heteroatoms. The third-order valence-electron chi connectivity index (χ3n) is 6.21. The van der Waals surface area contributed by atoms with E-state index in [1.165, 1.54) is 42.7 Å². The number of piperazine rings is 1. The number of thiophene rings is 1. The summed E-state index contributed by atoms with van der Waals surface area (Å²) in [6.07, 6.45) is 6.47. The van der Waals surface area contributed by atoms with Crippen molar-refractivity contribution in [3.05, 3.63) is 58.0 Å². The van der Waals surface area contributed by atoms with E-state index in [0.717, 1.165) is 51.1 Å². The smallest absolute Gasteiger partial charge is 0.264 e. The van der Waals surface area contributed by atoms with Crippen molar-refractivity contribution in [3.8, 4) is 0 Å². The highest BCUT2D eigenvalue weighted by Gasteiger charge is 2.23. The fourth-order valence-corrected chi connectivity index (χ4v) is 4.83. The molecule has 1 aliphatic heterocycles. The van der Waals surface area contributed by atoms with E-state index in [2.05, 4.69) is 11.8 Å². The van der Waals surface area contributed by atoms with Crippen LogP contribution in [-0.4, -0.2) is 65.8 Å². The summed E-state index contributed by atoms with van der Waals surface area (Å²) in [5, 5.41) is 1.91. The van der Waals surface area contributed by atoms with Crippen LogP contribution >= 0.6 is 11.3 Å². The van der Waals surface area contributed by atoms with Gasteiger partial charge in [-0.05, 0) is 35.6 Å². The summed E-state index contributed by atoms with van der Waals surface area (Å²) in [7, 11) is 0. The first-order chi connectivity index (χ1) is 16.1. The second-order valence-electron chi connectivity index (χ2n) is 8.72. The standard InChI is InChI=1S/C26H36FN3O2S/c1-2-3-4-5-6-9-25(31)29-17-14-28(15-18-29)16-19-30(26(32)24-8-7-20-33-24)21-22-10-12-23(27)13-11-22/h7-8,10-13,20H,2-6,9,14-19,21H2,1H3. The van der Waals surface area contributed by atoms with E-state index in [4.69, 9.17) is 0 Å². The largest absolute Gasteiger partial charge is 0.340 e. The predicted molar refractivity (Wildman–Crippen MR) is 132 cm³/mol. The lowest BCUT2D eigenvalue weighted by molar-refractivity contribution is -0.133. The number of nitrogens with zero attached hydrogens (tertiary/aromatic N) is 3. The molecule has 33 heavy (non-hydrogen) atoms. The Bertz CT molecular complexity index is 849. The van der Waals surface area contributed by atoms with Crippen LogP contribution in [0, 0.1) is 5.82 Å². The maximum absolute atomic E-state index is 13.3. The van der Waals surface area contributed by atoms with Crippen LogP contribution in [-0.2, 0) is 11.3 Å². The fraction of sp³-hybridized carbons (Fsp3) is 0.538. The van der Waals surface area contributed by atoms with Crippen LogP contribution in [0.15, 0.2) is 41.8 Å². The molecule has 2 aromatic rings. The lowest BCUT2D eigenvalue weighted by atomic mass is 10.1.